The van der Waals surface area contributed by atoms with Gasteiger partial charge in [-0.25, -0.2) is 0 Å². The lowest BCUT2D eigenvalue weighted by Crippen LogP contribution is -2.02. The Morgan fingerprint density at radius 3 is 2.03 bits per heavy atom. The van der Waals surface area contributed by atoms with Gasteiger partial charge in [-0.15, -0.1) is 0 Å². The minimum absolute atomic E-state index is 1.07. The number of hydrogen-bond acceptors (Lipinski definition) is 0. The van der Waals surface area contributed by atoms with Crippen LogP contribution in [0.3, 0.4) is 0 Å². The van der Waals surface area contributed by atoms with Crippen molar-refractivity contribution in [1.29, 1.82) is 0 Å². The van der Waals surface area contributed by atoms with Gasteiger partial charge in [-0.2, -0.15) is 0 Å². The van der Waals surface area contributed by atoms with Crippen LogP contribution in [0.15, 0.2) is 115 Å². The summed E-state index contributed by atoms with van der Waals surface area (Å²) in [6.45, 7) is 0. The molecule has 160 valence electrons. The summed E-state index contributed by atoms with van der Waals surface area (Å²) < 4.78 is 0. The van der Waals surface area contributed by atoms with Gasteiger partial charge in [0.2, 0.25) is 0 Å². The number of hydrogen-bond donors (Lipinski definition) is 0. The zero-order valence-electron chi connectivity index (χ0n) is 19.0. The molecule has 0 saturated carbocycles. The fourth-order valence-electron chi connectivity index (χ4n) is 5.79. The van der Waals surface area contributed by atoms with Gasteiger partial charge in [0.25, 0.3) is 0 Å². The van der Waals surface area contributed by atoms with Gasteiger partial charge in [0.1, 0.15) is 0 Å². The SMILES string of the molecule is C1=Cc2c(c(-c3cccc4ccccc34)c3ccccc3c2-c2ccc3ccccc3c2)CC1. The minimum Gasteiger partial charge on any atom is -0.0836 e. The molecule has 0 nitrogen and oxygen atoms in total. The molecule has 0 aromatic heterocycles. The van der Waals surface area contributed by atoms with Gasteiger partial charge < -0.3 is 0 Å². The number of benzene rings is 6. The first kappa shape index (κ1) is 19.3. The van der Waals surface area contributed by atoms with Crippen LogP contribution in [0.5, 0.6) is 0 Å². The molecular weight excluding hydrogens is 408 g/mol. The van der Waals surface area contributed by atoms with E-state index in [1.165, 1.54) is 65.7 Å². The normalized spacial score (nSPS) is 12.9. The molecule has 7 rings (SSSR count). The molecular formula is C34H24. The molecule has 0 amide bonds. The molecule has 34 heavy (non-hydrogen) atoms. The van der Waals surface area contributed by atoms with E-state index in [2.05, 4.69) is 121 Å². The Balaban J connectivity index is 1.62. The standard InChI is InChI=1S/C34H24/c1-2-12-25-22-26(21-20-23(25)10-1)33-29-15-5-7-17-31(29)34(32-18-8-6-16-30(32)33)28-19-9-13-24-11-3-4-14-27(24)28/h1-7,9-17,19-22H,8,18H2. The molecule has 0 saturated heterocycles. The molecule has 0 fully saturated rings. The summed E-state index contributed by atoms with van der Waals surface area (Å²) >= 11 is 0. The third kappa shape index (κ3) is 2.92. The topological polar surface area (TPSA) is 0 Å². The summed E-state index contributed by atoms with van der Waals surface area (Å²) in [5.74, 6) is 0. The summed E-state index contributed by atoms with van der Waals surface area (Å²) in [5, 5.41) is 7.86. The highest BCUT2D eigenvalue weighted by atomic mass is 14.3. The van der Waals surface area contributed by atoms with Crippen molar-refractivity contribution in [3.05, 3.63) is 126 Å². The Bertz CT molecular complexity index is 1740. The molecule has 0 spiro atoms. The van der Waals surface area contributed by atoms with Crippen LogP contribution in [0.25, 0.3) is 60.6 Å². The predicted octanol–water partition coefficient (Wildman–Crippen LogP) is 9.44. The molecule has 0 heterocycles. The number of allylic oxidation sites excluding steroid dienone is 1. The van der Waals surface area contributed by atoms with Crippen molar-refractivity contribution < 1.29 is 0 Å². The van der Waals surface area contributed by atoms with Crippen LogP contribution in [-0.4, -0.2) is 0 Å². The Morgan fingerprint density at radius 2 is 1.18 bits per heavy atom. The monoisotopic (exact) mass is 432 g/mol. The maximum absolute atomic E-state index is 2.37. The van der Waals surface area contributed by atoms with Crippen molar-refractivity contribution in [2.24, 2.45) is 0 Å². The van der Waals surface area contributed by atoms with E-state index in [4.69, 9.17) is 0 Å². The van der Waals surface area contributed by atoms with Crippen LogP contribution >= 0.6 is 0 Å². The largest absolute Gasteiger partial charge is 0.0836 e. The molecule has 0 bridgehead atoms. The average Bonchev–Trinajstić information content (AvgIpc) is 2.91. The average molecular weight is 433 g/mol. The van der Waals surface area contributed by atoms with Crippen LogP contribution in [0.2, 0.25) is 0 Å². The Morgan fingerprint density at radius 1 is 0.500 bits per heavy atom. The smallest absolute Gasteiger partial charge is 0.00295 e. The number of fused-ring (bicyclic) bond motifs is 4. The zero-order chi connectivity index (χ0) is 22.5. The molecule has 0 radical (unpaired) electrons. The summed E-state index contributed by atoms with van der Waals surface area (Å²) in [5.41, 5.74) is 8.24. The van der Waals surface area contributed by atoms with Crippen molar-refractivity contribution in [3.63, 3.8) is 0 Å². The van der Waals surface area contributed by atoms with Crippen LogP contribution in [-0.2, 0) is 6.42 Å². The zero-order valence-corrected chi connectivity index (χ0v) is 19.0. The highest BCUT2D eigenvalue weighted by molar-refractivity contribution is 6.14. The molecule has 6 aromatic rings. The molecule has 0 unspecified atom stereocenters. The molecule has 1 aliphatic rings. The van der Waals surface area contributed by atoms with Crippen molar-refractivity contribution in [2.75, 3.05) is 0 Å². The first-order valence-corrected chi connectivity index (χ1v) is 12.1. The third-order valence-electron chi connectivity index (χ3n) is 7.30. The molecule has 0 N–H and O–H groups in total. The molecule has 0 atom stereocenters. The molecule has 1 aliphatic carbocycles. The van der Waals surface area contributed by atoms with E-state index in [9.17, 15) is 0 Å². The Kier molecular flexibility index (Phi) is 4.38. The first-order valence-electron chi connectivity index (χ1n) is 12.1. The van der Waals surface area contributed by atoms with Gasteiger partial charge in [-0.1, -0.05) is 115 Å². The van der Waals surface area contributed by atoms with E-state index in [0.29, 0.717) is 0 Å². The van der Waals surface area contributed by atoms with Crippen molar-refractivity contribution >= 4 is 38.4 Å². The highest BCUT2D eigenvalue weighted by Gasteiger charge is 2.22. The van der Waals surface area contributed by atoms with E-state index in [1.807, 2.05) is 0 Å². The molecule has 0 heteroatoms. The van der Waals surface area contributed by atoms with Gasteiger partial charge in [0, 0.05) is 0 Å². The van der Waals surface area contributed by atoms with Gasteiger partial charge >= 0.3 is 0 Å². The van der Waals surface area contributed by atoms with Gasteiger partial charge in [-0.3, -0.25) is 0 Å². The van der Waals surface area contributed by atoms with Crippen LogP contribution in [0, 0.1) is 0 Å². The second-order valence-corrected chi connectivity index (χ2v) is 9.22. The lowest BCUT2D eigenvalue weighted by Gasteiger charge is -2.24. The van der Waals surface area contributed by atoms with E-state index >= 15 is 0 Å². The third-order valence-corrected chi connectivity index (χ3v) is 7.30. The molecule has 0 aliphatic heterocycles. The number of rotatable bonds is 2. The highest BCUT2D eigenvalue weighted by Crippen LogP contribution is 2.46. The summed E-state index contributed by atoms with van der Waals surface area (Å²) in [6, 6.07) is 40.0. The van der Waals surface area contributed by atoms with Gasteiger partial charge in [0.15, 0.2) is 0 Å². The first-order chi connectivity index (χ1) is 16.9. The Hall–Kier alpha value is -4.16. The lowest BCUT2D eigenvalue weighted by atomic mass is 9.79. The summed E-state index contributed by atoms with van der Waals surface area (Å²) in [6.07, 6.45) is 6.86. The van der Waals surface area contributed by atoms with Crippen molar-refractivity contribution in [1.82, 2.24) is 0 Å². The minimum atomic E-state index is 1.07. The van der Waals surface area contributed by atoms with Crippen molar-refractivity contribution in [2.45, 2.75) is 12.8 Å². The summed E-state index contributed by atoms with van der Waals surface area (Å²) in [4.78, 5) is 0. The quantitative estimate of drug-likeness (QED) is 0.256. The Labute approximate surface area is 199 Å². The predicted molar refractivity (Wildman–Crippen MR) is 147 cm³/mol. The van der Waals surface area contributed by atoms with E-state index < -0.39 is 0 Å². The maximum atomic E-state index is 2.37. The van der Waals surface area contributed by atoms with E-state index in [-0.39, 0.29) is 0 Å². The van der Waals surface area contributed by atoms with E-state index in [1.54, 1.807) is 0 Å². The van der Waals surface area contributed by atoms with Crippen LogP contribution in [0.1, 0.15) is 17.5 Å². The van der Waals surface area contributed by atoms with Crippen LogP contribution < -0.4 is 0 Å². The van der Waals surface area contributed by atoms with Gasteiger partial charge in [-0.05, 0) is 84.6 Å². The van der Waals surface area contributed by atoms with Crippen molar-refractivity contribution in [3.8, 4) is 22.3 Å². The fourth-order valence-corrected chi connectivity index (χ4v) is 5.79. The maximum Gasteiger partial charge on any atom is -0.00295 e. The van der Waals surface area contributed by atoms with Crippen LogP contribution in [0.4, 0.5) is 0 Å². The summed E-state index contributed by atoms with van der Waals surface area (Å²) in [7, 11) is 0. The second kappa shape index (κ2) is 7.71. The van der Waals surface area contributed by atoms with Gasteiger partial charge in [0.05, 0.1) is 0 Å². The second-order valence-electron chi connectivity index (χ2n) is 9.22. The molecule has 6 aromatic carbocycles. The fraction of sp³-hybridized carbons (Fsp3) is 0.0588. The lowest BCUT2D eigenvalue weighted by molar-refractivity contribution is 0.992. The van der Waals surface area contributed by atoms with E-state index in [0.717, 1.165) is 12.8 Å².